The Kier molecular flexibility index (Phi) is 2.28. The number of para-hydroxylation sites is 3. The molecule has 0 radical (unpaired) electrons. The fraction of sp³-hybridized carbons (Fsp3) is 0.0233. The molecule has 10 aromatic rings. The van der Waals surface area contributed by atoms with Crippen LogP contribution < -0.4 is 0 Å². The van der Waals surface area contributed by atoms with Crippen molar-refractivity contribution >= 4 is 65.6 Å². The van der Waals surface area contributed by atoms with Gasteiger partial charge in [0.1, 0.15) is 11.2 Å². The number of fused-ring (bicyclic) bond motifs is 9. The number of furan rings is 1. The fourth-order valence-electron chi connectivity index (χ4n) is 5.79. The van der Waals surface area contributed by atoms with E-state index in [4.69, 9.17) is 27.7 Å². The Bertz CT molecular complexity index is 4210. The van der Waals surface area contributed by atoms with Gasteiger partial charge in [0.05, 0.1) is 56.3 Å². The molecule has 10 rings (SSSR count). The molecule has 0 aliphatic carbocycles. The van der Waals surface area contributed by atoms with Crippen LogP contribution in [0.4, 0.5) is 0 Å². The largest absolute Gasteiger partial charge is 0.456 e. The molecule has 0 aliphatic heterocycles. The van der Waals surface area contributed by atoms with Crippen molar-refractivity contribution < 1.29 is 38.7 Å². The Morgan fingerprint density at radius 3 is 1.91 bits per heavy atom. The van der Waals surface area contributed by atoms with Crippen molar-refractivity contribution in [1.29, 1.82) is 0 Å². The first-order chi connectivity index (χ1) is 33.2. The van der Waals surface area contributed by atoms with Gasteiger partial charge in [-0.15, -0.1) is 0 Å². The molecule has 3 heterocycles. The molecule has 0 saturated heterocycles. The van der Waals surface area contributed by atoms with Crippen molar-refractivity contribution in [1.82, 2.24) is 9.13 Å². The van der Waals surface area contributed by atoms with Gasteiger partial charge in [-0.1, -0.05) is 78.6 Å². The zero-order valence-electron chi connectivity index (χ0n) is 48.3. The van der Waals surface area contributed by atoms with Crippen LogP contribution in [0.1, 0.15) is 39.8 Å². The van der Waals surface area contributed by atoms with E-state index in [2.05, 4.69) is 0 Å². The third kappa shape index (κ3) is 3.54. The lowest BCUT2D eigenvalue weighted by Crippen LogP contribution is -1.93. The Hall–Kier alpha value is -6.06. The molecule has 0 amide bonds. The Morgan fingerprint density at radius 1 is 0.435 bits per heavy atom. The zero-order valence-corrected chi connectivity index (χ0v) is 23.3. The molecule has 3 nitrogen and oxygen atoms in total. The summed E-state index contributed by atoms with van der Waals surface area (Å²) in [5, 5.41) is -2.32. The van der Waals surface area contributed by atoms with Crippen LogP contribution in [-0.4, -0.2) is 9.13 Å². The van der Waals surface area contributed by atoms with Crippen molar-refractivity contribution in [2.75, 3.05) is 0 Å². The van der Waals surface area contributed by atoms with Gasteiger partial charge in [0.2, 0.25) is 0 Å². The Morgan fingerprint density at radius 2 is 1.07 bits per heavy atom. The maximum absolute atomic E-state index is 9.82. The second-order valence-corrected chi connectivity index (χ2v) is 10.3. The van der Waals surface area contributed by atoms with E-state index in [1.165, 1.54) is 6.92 Å². The summed E-state index contributed by atoms with van der Waals surface area (Å²) in [7, 11) is 0. The third-order valence-electron chi connectivity index (χ3n) is 7.75. The van der Waals surface area contributed by atoms with Crippen LogP contribution in [0.3, 0.4) is 0 Å². The number of nitrogens with zero attached hydrogens (tertiary/aromatic N) is 2. The van der Waals surface area contributed by atoms with Gasteiger partial charge in [0.15, 0.2) is 0 Å². The SMILES string of the molecule is [2H]c1c([2H])c([2H])c(-n2c3c([2H])c([2H])c(-c4c([2H])c([2H])c5c(c4[2H])c4c([2H])c([2H])c([2H])c([2H])c4n5-c4c([2H])c([2H])c5c(oc6c([2H])c([2H])c([2H])c([2H])c65)c4[2H])c([2H])c3c3c(C)c([2H])c([2H])c([2H])c32)c([2H])c1[2H]. The predicted octanol–water partition coefficient (Wildman–Crippen LogP) is 11.8. The number of hydrogen-bond acceptors (Lipinski definition) is 1. The minimum absolute atomic E-state index is 0.0765. The Balaban J connectivity index is 1.41. The van der Waals surface area contributed by atoms with Crippen molar-refractivity contribution in [2.45, 2.75) is 6.92 Å². The molecular formula is C43H28N2O. The molecule has 0 fully saturated rings. The number of benzene rings is 7. The molecule has 46 heavy (non-hydrogen) atoms. The number of aromatic nitrogens is 2. The average molecular weight is 614 g/mol. The van der Waals surface area contributed by atoms with Gasteiger partial charge in [0.25, 0.3) is 0 Å². The summed E-state index contributed by atoms with van der Waals surface area (Å²) in [6.45, 7) is 1.34. The van der Waals surface area contributed by atoms with E-state index in [0.717, 1.165) is 9.13 Å². The summed E-state index contributed by atoms with van der Waals surface area (Å²) >= 11 is 0. The van der Waals surface area contributed by atoms with Crippen LogP contribution in [-0.2, 0) is 0 Å². The summed E-state index contributed by atoms with van der Waals surface area (Å²) in [5.74, 6) is 0. The molecule has 0 bridgehead atoms. The quantitative estimate of drug-likeness (QED) is 0.194. The van der Waals surface area contributed by atoms with Crippen LogP contribution in [0.5, 0.6) is 0 Å². The van der Waals surface area contributed by atoms with Crippen molar-refractivity contribution in [3.63, 3.8) is 0 Å². The molecule has 0 saturated carbocycles. The lowest BCUT2D eigenvalue weighted by molar-refractivity contribution is 0.668. The first kappa shape index (κ1) is 11.1. The van der Waals surface area contributed by atoms with E-state index >= 15 is 0 Å². The van der Waals surface area contributed by atoms with E-state index in [9.17, 15) is 11.0 Å². The highest BCUT2D eigenvalue weighted by Gasteiger charge is 2.17. The first-order valence-corrected chi connectivity index (χ1v) is 13.7. The molecule has 0 atom stereocenters. The smallest absolute Gasteiger partial charge is 0.137 e. The summed E-state index contributed by atoms with van der Waals surface area (Å²) < 4.78 is 231. The van der Waals surface area contributed by atoms with Crippen molar-refractivity contribution in [3.8, 4) is 22.5 Å². The summed E-state index contributed by atoms with van der Waals surface area (Å²) in [5.41, 5.74) is -5.82. The zero-order chi connectivity index (χ0) is 52.1. The van der Waals surface area contributed by atoms with E-state index < -0.39 is 212 Å². The monoisotopic (exact) mass is 613 g/mol. The second kappa shape index (κ2) is 9.47. The highest BCUT2D eigenvalue weighted by molar-refractivity contribution is 6.14. The van der Waals surface area contributed by atoms with Gasteiger partial charge in [-0.05, 0) is 90.1 Å². The van der Waals surface area contributed by atoms with Gasteiger partial charge in [-0.3, -0.25) is 0 Å². The maximum atomic E-state index is 9.82. The van der Waals surface area contributed by atoms with Crippen LogP contribution in [0.2, 0.25) is 0 Å². The van der Waals surface area contributed by atoms with Crippen molar-refractivity contribution in [2.24, 2.45) is 0 Å². The van der Waals surface area contributed by atoms with Gasteiger partial charge >= 0.3 is 0 Å². The van der Waals surface area contributed by atoms with Gasteiger partial charge < -0.3 is 13.6 Å². The first-order valence-electron chi connectivity index (χ1n) is 26.2. The lowest BCUT2D eigenvalue weighted by atomic mass is 9.99. The molecule has 216 valence electrons. The molecule has 3 heteroatoms. The van der Waals surface area contributed by atoms with Crippen LogP contribution in [0.15, 0.2) is 155 Å². The average Bonchev–Trinajstić information content (AvgIpc) is 4.03. The number of rotatable bonds is 3. The number of aryl methyl sites for hydroxylation is 1. The maximum Gasteiger partial charge on any atom is 0.137 e. The second-order valence-electron chi connectivity index (χ2n) is 10.3. The highest BCUT2D eigenvalue weighted by Crippen LogP contribution is 2.39. The Labute approximate surface area is 300 Å². The predicted molar refractivity (Wildman–Crippen MR) is 193 cm³/mol. The topological polar surface area (TPSA) is 23.0 Å². The third-order valence-corrected chi connectivity index (χ3v) is 7.75. The normalized spacial score (nSPS) is 19.6. The summed E-state index contributed by atoms with van der Waals surface area (Å²) in [6, 6.07) is -19.8. The fourth-order valence-corrected chi connectivity index (χ4v) is 5.79. The van der Waals surface area contributed by atoms with E-state index in [1.54, 1.807) is 0 Å². The minimum Gasteiger partial charge on any atom is -0.456 e. The van der Waals surface area contributed by atoms with E-state index in [-0.39, 0.29) is 32.6 Å². The summed E-state index contributed by atoms with van der Waals surface area (Å²) in [4.78, 5) is 0. The van der Waals surface area contributed by atoms with E-state index in [1.807, 2.05) is 0 Å². The minimum atomic E-state index is -0.956. The van der Waals surface area contributed by atoms with Crippen LogP contribution in [0.25, 0.3) is 88.1 Å². The molecule has 0 spiro atoms. The molecule has 0 aliphatic rings. The van der Waals surface area contributed by atoms with E-state index in [0.29, 0.717) is 0 Å². The van der Waals surface area contributed by atoms with Gasteiger partial charge in [-0.25, -0.2) is 0 Å². The van der Waals surface area contributed by atoms with Gasteiger partial charge in [-0.2, -0.15) is 0 Å². The van der Waals surface area contributed by atoms with Crippen LogP contribution >= 0.6 is 0 Å². The highest BCUT2D eigenvalue weighted by atomic mass is 16.3. The van der Waals surface area contributed by atoms with Gasteiger partial charge in [0, 0.05) is 49.7 Å². The molecule has 7 aromatic carbocycles. The van der Waals surface area contributed by atoms with Crippen LogP contribution in [0, 0.1) is 6.92 Å². The molecule has 0 unspecified atom stereocenters. The van der Waals surface area contributed by atoms with Crippen molar-refractivity contribution in [3.05, 3.63) is 157 Å². The standard InChI is InChI=1S/C43H28N2O/c1-27-10-9-16-40-43(27)36-25-29(19-23-39(36)44(40)30-11-3-2-4-12-30)28-18-22-38-35(24-28)32-13-5-7-15-37(32)45(38)31-20-21-34-33-14-6-8-17-41(33)46-42(34)26-31/h2-26H,1H3/i2D,3D,4D,5D,6D,7D,8D,9D,10D,11D,12D,13D,14D,15D,16D,17D,18D,19D,20D,21D,22D,23D,24D,25D,26D. The molecule has 3 aromatic heterocycles. The molecule has 0 N–H and O–H groups in total. The molecular weight excluding hydrogens is 560 g/mol. The summed E-state index contributed by atoms with van der Waals surface area (Å²) in [6.07, 6.45) is 0. The number of hydrogen-bond donors (Lipinski definition) is 0. The lowest BCUT2D eigenvalue weighted by Gasteiger charge is -2.09.